The highest BCUT2D eigenvalue weighted by Crippen LogP contribution is 2.19. The van der Waals surface area contributed by atoms with E-state index in [9.17, 15) is 14.4 Å². The molecule has 0 saturated carbocycles. The van der Waals surface area contributed by atoms with E-state index in [0.717, 1.165) is 16.7 Å². The Balaban J connectivity index is 1.35. The zero-order valence-corrected chi connectivity index (χ0v) is 22.9. The van der Waals surface area contributed by atoms with Gasteiger partial charge in [-0.15, -0.1) is 0 Å². The maximum absolute atomic E-state index is 12.5. The number of nitrogens with one attached hydrogen (secondary N) is 2. The predicted octanol–water partition coefficient (Wildman–Crippen LogP) is 1.80. The highest BCUT2D eigenvalue weighted by molar-refractivity contribution is 5.87. The van der Waals surface area contributed by atoms with Crippen LogP contribution in [0.15, 0.2) is 66.0 Å². The minimum absolute atomic E-state index is 0.0431. The number of carbonyl (C=O) groups is 2. The summed E-state index contributed by atoms with van der Waals surface area (Å²) >= 11 is 0. The van der Waals surface area contributed by atoms with Crippen molar-refractivity contribution < 1.29 is 14.3 Å². The van der Waals surface area contributed by atoms with Crippen LogP contribution in [-0.2, 0) is 23.2 Å². The van der Waals surface area contributed by atoms with E-state index >= 15 is 0 Å². The Morgan fingerprint density at radius 2 is 1.82 bits per heavy atom. The Kier molecular flexibility index (Phi) is 9.00. The van der Waals surface area contributed by atoms with Gasteiger partial charge in [-0.25, -0.2) is 14.6 Å². The van der Waals surface area contributed by atoms with Crippen LogP contribution < -0.4 is 20.9 Å². The standard InChI is InChI=1S/C28H32N8O4/c1-18(2)26(33-19(3)37)28(39)29-10-11-40-23-14-30-27(31-15-23)21-7-5-6-20(12-21)16-36-25(38)9-8-24(34-36)22-13-32-35(4)17-22/h5-9,12-15,17-18,26H,10-11,16H2,1-4H3,(H,29,39)(H,33,37)/t26-/m0/s1. The molecule has 1 atom stereocenters. The van der Waals surface area contributed by atoms with Gasteiger partial charge < -0.3 is 15.4 Å². The van der Waals surface area contributed by atoms with Crippen molar-refractivity contribution in [3.8, 4) is 28.4 Å². The van der Waals surface area contributed by atoms with Crippen LogP contribution in [0.1, 0.15) is 26.3 Å². The van der Waals surface area contributed by atoms with Gasteiger partial charge in [0, 0.05) is 37.4 Å². The third-order valence-electron chi connectivity index (χ3n) is 5.99. The summed E-state index contributed by atoms with van der Waals surface area (Å²) in [5.41, 5.74) is 2.93. The molecule has 3 aromatic heterocycles. The van der Waals surface area contributed by atoms with Crippen LogP contribution in [0.4, 0.5) is 0 Å². The number of amides is 2. The van der Waals surface area contributed by atoms with Crippen molar-refractivity contribution >= 4 is 11.8 Å². The molecule has 0 fully saturated rings. The van der Waals surface area contributed by atoms with Gasteiger partial charge >= 0.3 is 0 Å². The Morgan fingerprint density at radius 1 is 1.05 bits per heavy atom. The molecule has 0 saturated heterocycles. The molecule has 0 aliphatic heterocycles. The number of ether oxygens (including phenoxy) is 1. The van der Waals surface area contributed by atoms with E-state index in [2.05, 4.69) is 30.8 Å². The molecule has 2 amide bonds. The van der Waals surface area contributed by atoms with E-state index in [4.69, 9.17) is 4.74 Å². The topological polar surface area (TPSA) is 146 Å². The first-order valence-electron chi connectivity index (χ1n) is 12.9. The fraction of sp³-hybridized carbons (Fsp3) is 0.321. The molecule has 12 heteroatoms. The monoisotopic (exact) mass is 544 g/mol. The summed E-state index contributed by atoms with van der Waals surface area (Å²) in [4.78, 5) is 44.9. The Morgan fingerprint density at radius 3 is 2.50 bits per heavy atom. The highest BCUT2D eigenvalue weighted by Gasteiger charge is 2.22. The molecule has 0 unspecified atom stereocenters. The number of hydrogen-bond acceptors (Lipinski definition) is 8. The van der Waals surface area contributed by atoms with Crippen LogP contribution in [0.5, 0.6) is 5.75 Å². The number of aryl methyl sites for hydroxylation is 1. The molecule has 0 aliphatic rings. The lowest BCUT2D eigenvalue weighted by molar-refractivity contribution is -0.129. The third kappa shape index (κ3) is 7.37. The summed E-state index contributed by atoms with van der Waals surface area (Å²) in [6, 6.07) is 10.2. The maximum atomic E-state index is 12.5. The lowest BCUT2D eigenvalue weighted by Crippen LogP contribution is -2.49. The molecule has 12 nitrogen and oxygen atoms in total. The lowest BCUT2D eigenvalue weighted by Gasteiger charge is -2.20. The van der Waals surface area contributed by atoms with Crippen molar-refractivity contribution in [2.24, 2.45) is 13.0 Å². The van der Waals surface area contributed by atoms with Crippen molar-refractivity contribution in [1.29, 1.82) is 0 Å². The third-order valence-corrected chi connectivity index (χ3v) is 5.99. The summed E-state index contributed by atoms with van der Waals surface area (Å²) in [5.74, 6) is 0.398. The zero-order chi connectivity index (χ0) is 28.6. The second kappa shape index (κ2) is 12.8. The van der Waals surface area contributed by atoms with E-state index in [-0.39, 0.29) is 43.0 Å². The van der Waals surface area contributed by atoms with E-state index in [1.807, 2.05) is 51.4 Å². The van der Waals surface area contributed by atoms with Crippen LogP contribution >= 0.6 is 0 Å². The number of hydrogen-bond donors (Lipinski definition) is 2. The van der Waals surface area contributed by atoms with E-state index in [1.54, 1.807) is 29.3 Å². The van der Waals surface area contributed by atoms with Crippen LogP contribution in [0.2, 0.25) is 0 Å². The molecule has 0 aliphatic carbocycles. The molecular formula is C28H32N8O4. The van der Waals surface area contributed by atoms with Crippen molar-refractivity contribution in [3.63, 3.8) is 0 Å². The molecule has 4 aromatic rings. The Hall–Kier alpha value is -4.87. The van der Waals surface area contributed by atoms with E-state index in [1.165, 1.54) is 17.7 Å². The molecule has 0 bridgehead atoms. The van der Waals surface area contributed by atoms with Gasteiger partial charge in [-0.2, -0.15) is 10.2 Å². The quantitative estimate of drug-likeness (QED) is 0.272. The summed E-state index contributed by atoms with van der Waals surface area (Å²) in [5, 5.41) is 14.1. The van der Waals surface area contributed by atoms with Crippen molar-refractivity contribution in [3.05, 3.63) is 77.1 Å². The molecule has 0 spiro atoms. The zero-order valence-electron chi connectivity index (χ0n) is 22.9. The fourth-order valence-electron chi connectivity index (χ4n) is 4.00. The minimum Gasteiger partial charge on any atom is -0.489 e. The Bertz CT molecular complexity index is 1530. The minimum atomic E-state index is -0.601. The number of carbonyl (C=O) groups excluding carboxylic acids is 2. The predicted molar refractivity (Wildman–Crippen MR) is 148 cm³/mol. The number of benzene rings is 1. The van der Waals surface area contributed by atoms with Gasteiger partial charge in [-0.1, -0.05) is 32.0 Å². The summed E-state index contributed by atoms with van der Waals surface area (Å²) in [6.07, 6.45) is 6.67. The molecule has 3 heterocycles. The molecular weight excluding hydrogens is 512 g/mol. The number of nitrogens with zero attached hydrogens (tertiary/aromatic N) is 6. The highest BCUT2D eigenvalue weighted by atomic mass is 16.5. The summed E-state index contributed by atoms with van der Waals surface area (Å²) in [6.45, 7) is 5.88. The first kappa shape index (κ1) is 28.1. The lowest BCUT2D eigenvalue weighted by atomic mass is 10.0. The summed E-state index contributed by atoms with van der Waals surface area (Å²) in [7, 11) is 1.82. The summed E-state index contributed by atoms with van der Waals surface area (Å²) < 4.78 is 8.75. The van der Waals surface area contributed by atoms with E-state index < -0.39 is 6.04 Å². The van der Waals surface area contributed by atoms with Gasteiger partial charge in [0.15, 0.2) is 11.6 Å². The van der Waals surface area contributed by atoms with Crippen LogP contribution in [0, 0.1) is 5.92 Å². The average molecular weight is 545 g/mol. The second-order valence-electron chi connectivity index (χ2n) is 9.62. The number of aromatic nitrogens is 6. The van der Waals surface area contributed by atoms with Crippen molar-refractivity contribution in [2.75, 3.05) is 13.2 Å². The van der Waals surface area contributed by atoms with Gasteiger partial charge in [0.2, 0.25) is 11.8 Å². The van der Waals surface area contributed by atoms with Gasteiger partial charge in [0.1, 0.15) is 12.6 Å². The van der Waals surface area contributed by atoms with Crippen LogP contribution in [-0.4, -0.2) is 60.5 Å². The van der Waals surface area contributed by atoms with Gasteiger partial charge in [0.05, 0.1) is 37.4 Å². The second-order valence-corrected chi connectivity index (χ2v) is 9.62. The molecule has 1 aromatic carbocycles. The van der Waals surface area contributed by atoms with Gasteiger partial charge in [-0.05, 0) is 23.6 Å². The van der Waals surface area contributed by atoms with Crippen molar-refractivity contribution in [2.45, 2.75) is 33.4 Å². The molecule has 0 radical (unpaired) electrons. The first-order chi connectivity index (χ1) is 19.2. The van der Waals surface area contributed by atoms with Crippen LogP contribution in [0.25, 0.3) is 22.6 Å². The smallest absolute Gasteiger partial charge is 0.267 e. The molecule has 208 valence electrons. The number of rotatable bonds is 11. The first-order valence-corrected chi connectivity index (χ1v) is 12.9. The molecule has 4 rings (SSSR count). The molecule has 2 N–H and O–H groups in total. The van der Waals surface area contributed by atoms with E-state index in [0.29, 0.717) is 17.3 Å². The van der Waals surface area contributed by atoms with Gasteiger partial charge in [-0.3, -0.25) is 19.1 Å². The normalized spacial score (nSPS) is 11.7. The Labute approximate surface area is 231 Å². The largest absolute Gasteiger partial charge is 0.489 e. The van der Waals surface area contributed by atoms with Crippen LogP contribution in [0.3, 0.4) is 0 Å². The maximum Gasteiger partial charge on any atom is 0.267 e. The van der Waals surface area contributed by atoms with Gasteiger partial charge in [0.25, 0.3) is 5.56 Å². The SMILES string of the molecule is CC(=O)N[C@H](C(=O)NCCOc1cnc(-c2cccc(Cn3nc(-c4cnn(C)c4)ccc3=O)c2)nc1)C(C)C. The average Bonchev–Trinajstić information content (AvgIpc) is 3.37. The molecule has 40 heavy (non-hydrogen) atoms. The van der Waals surface area contributed by atoms with Crippen molar-refractivity contribution in [1.82, 2.24) is 40.2 Å². The fourth-order valence-corrected chi connectivity index (χ4v) is 4.00.